The Morgan fingerprint density at radius 1 is 1.07 bits per heavy atom. The van der Waals surface area contributed by atoms with Gasteiger partial charge in [-0.05, 0) is 13.3 Å². The monoisotopic (exact) mass is 406 g/mol. The molecule has 0 aliphatic carbocycles. The Hall–Kier alpha value is -1.10. The van der Waals surface area contributed by atoms with Crippen LogP contribution in [0.4, 0.5) is 0 Å². The van der Waals surface area contributed by atoms with Gasteiger partial charge < -0.3 is 24.8 Å². The molecule has 0 aromatic heterocycles. The first-order chi connectivity index (χ1) is 13.4. The van der Waals surface area contributed by atoms with Gasteiger partial charge in [-0.15, -0.1) is 0 Å². The summed E-state index contributed by atoms with van der Waals surface area (Å²) in [5.41, 5.74) is 0. The minimum absolute atomic E-state index is 0.108. The van der Waals surface area contributed by atoms with Crippen LogP contribution in [0.3, 0.4) is 0 Å². The van der Waals surface area contributed by atoms with Crippen LogP contribution < -0.4 is 0 Å². The number of aliphatic hydroxyl groups is 3. The molecule has 5 atom stereocenters. The van der Waals surface area contributed by atoms with E-state index in [0.29, 0.717) is 6.42 Å². The first kappa shape index (κ1) is 24.9. The number of ketones is 1. The van der Waals surface area contributed by atoms with Gasteiger partial charge in [0.2, 0.25) is 6.10 Å². The lowest BCUT2D eigenvalue weighted by Gasteiger charge is -2.21. The molecule has 0 radical (unpaired) electrons. The lowest BCUT2D eigenvalue weighted by Crippen LogP contribution is -2.41. The molecule has 1 heterocycles. The van der Waals surface area contributed by atoms with Gasteiger partial charge in [0.25, 0.3) is 5.78 Å². The van der Waals surface area contributed by atoms with Crippen LogP contribution in [0.25, 0.3) is 0 Å². The van der Waals surface area contributed by atoms with E-state index in [4.69, 9.17) is 19.6 Å². The van der Waals surface area contributed by atoms with E-state index >= 15 is 0 Å². The highest BCUT2D eigenvalue weighted by molar-refractivity contribution is 6.37. The molecule has 1 aliphatic heterocycles. The first-order valence-corrected chi connectivity index (χ1v) is 10.0. The molecule has 9 nitrogen and oxygen atoms in total. The van der Waals surface area contributed by atoms with E-state index in [1.54, 1.807) is 6.92 Å². The zero-order valence-electron chi connectivity index (χ0n) is 16.7. The Labute approximate surface area is 165 Å². The Balaban J connectivity index is 2.18. The van der Waals surface area contributed by atoms with Crippen molar-refractivity contribution in [1.82, 2.24) is 0 Å². The molecule has 9 heteroatoms. The highest BCUT2D eigenvalue weighted by atomic mass is 17.2. The number of ether oxygens (including phenoxy) is 2. The summed E-state index contributed by atoms with van der Waals surface area (Å²) in [4.78, 5) is 33.0. The lowest BCUT2D eigenvalue weighted by atomic mass is 10.1. The van der Waals surface area contributed by atoms with E-state index in [0.717, 1.165) is 12.8 Å². The fourth-order valence-electron chi connectivity index (χ4n) is 2.79. The van der Waals surface area contributed by atoms with E-state index < -0.39 is 48.9 Å². The zero-order chi connectivity index (χ0) is 20.9. The molecule has 0 saturated carbocycles. The fraction of sp³-hybridized carbons (Fsp3) is 0.895. The minimum atomic E-state index is -1.45. The Kier molecular flexibility index (Phi) is 12.4. The van der Waals surface area contributed by atoms with Crippen molar-refractivity contribution in [3.05, 3.63) is 0 Å². The van der Waals surface area contributed by atoms with Gasteiger partial charge in [-0.3, -0.25) is 4.79 Å². The number of cyclic esters (lactones) is 1. The quantitative estimate of drug-likeness (QED) is 0.111. The van der Waals surface area contributed by atoms with Crippen molar-refractivity contribution in [3.63, 3.8) is 0 Å². The number of hydrogen-bond acceptors (Lipinski definition) is 9. The summed E-state index contributed by atoms with van der Waals surface area (Å²) < 4.78 is 10.1. The highest BCUT2D eigenvalue weighted by Gasteiger charge is 2.49. The van der Waals surface area contributed by atoms with Gasteiger partial charge >= 0.3 is 5.97 Å². The largest absolute Gasteiger partial charge is 0.450 e. The van der Waals surface area contributed by atoms with Crippen LogP contribution in [0.1, 0.15) is 58.8 Å². The molecule has 28 heavy (non-hydrogen) atoms. The molecule has 1 saturated heterocycles. The van der Waals surface area contributed by atoms with Gasteiger partial charge in [0.15, 0.2) is 6.10 Å². The van der Waals surface area contributed by atoms with E-state index in [-0.39, 0.29) is 13.2 Å². The molecule has 3 N–H and O–H groups in total. The Morgan fingerprint density at radius 2 is 1.75 bits per heavy atom. The van der Waals surface area contributed by atoms with Crippen molar-refractivity contribution in [3.8, 4) is 0 Å². The van der Waals surface area contributed by atoms with Crippen molar-refractivity contribution in [2.75, 3.05) is 19.8 Å². The number of Topliss-reactive ketones (excluding diaryl/α,β-unsaturated/α-hetero) is 1. The lowest BCUT2D eigenvalue weighted by molar-refractivity contribution is -0.354. The third kappa shape index (κ3) is 8.93. The maximum atomic E-state index is 11.7. The average Bonchev–Trinajstić information content (AvgIpc) is 2.96. The molecular formula is C19H34O9. The van der Waals surface area contributed by atoms with Crippen LogP contribution in [-0.2, 0) is 28.8 Å². The third-order valence-electron chi connectivity index (χ3n) is 4.44. The second kappa shape index (κ2) is 14.0. The van der Waals surface area contributed by atoms with Crippen LogP contribution in [0.5, 0.6) is 0 Å². The minimum Gasteiger partial charge on any atom is -0.450 e. The summed E-state index contributed by atoms with van der Waals surface area (Å²) in [6.07, 6.45) is 2.24. The predicted molar refractivity (Wildman–Crippen MR) is 98.2 cm³/mol. The van der Waals surface area contributed by atoms with Gasteiger partial charge in [-0.25, -0.2) is 14.6 Å². The number of unbranched alkanes of at least 4 members (excludes halogenated alkanes) is 5. The summed E-state index contributed by atoms with van der Waals surface area (Å²) in [6, 6.07) is 0. The summed E-state index contributed by atoms with van der Waals surface area (Å²) in [5.74, 6) is -2.13. The van der Waals surface area contributed by atoms with Gasteiger partial charge in [-0.1, -0.05) is 45.4 Å². The summed E-state index contributed by atoms with van der Waals surface area (Å²) in [5, 5.41) is 28.5. The normalized spacial score (nSPS) is 22.9. The Bertz CT molecular complexity index is 457. The van der Waals surface area contributed by atoms with Crippen LogP contribution in [0, 0.1) is 0 Å². The van der Waals surface area contributed by atoms with Crippen molar-refractivity contribution in [2.24, 2.45) is 0 Å². The smallest absolute Gasteiger partial charge is 0.378 e. The van der Waals surface area contributed by atoms with Crippen LogP contribution in [0.2, 0.25) is 0 Å². The highest BCUT2D eigenvalue weighted by Crippen LogP contribution is 2.19. The molecule has 1 aliphatic rings. The van der Waals surface area contributed by atoms with Gasteiger partial charge in [0.05, 0.1) is 25.9 Å². The van der Waals surface area contributed by atoms with E-state index in [1.165, 1.54) is 25.7 Å². The molecule has 1 rings (SSSR count). The summed E-state index contributed by atoms with van der Waals surface area (Å²) >= 11 is 0. The number of hydrogen-bond donors (Lipinski definition) is 3. The second-order valence-electron chi connectivity index (χ2n) is 7.16. The van der Waals surface area contributed by atoms with Crippen LogP contribution in [-0.4, -0.2) is 77.4 Å². The molecule has 0 spiro atoms. The molecular weight excluding hydrogens is 372 g/mol. The Morgan fingerprint density at radius 3 is 2.43 bits per heavy atom. The van der Waals surface area contributed by atoms with Crippen molar-refractivity contribution < 1.29 is 44.2 Å². The zero-order valence-corrected chi connectivity index (χ0v) is 16.7. The van der Waals surface area contributed by atoms with Gasteiger partial charge in [0.1, 0.15) is 12.2 Å². The number of carbonyl (C=O) groups is 2. The van der Waals surface area contributed by atoms with Crippen molar-refractivity contribution >= 4 is 11.8 Å². The van der Waals surface area contributed by atoms with Gasteiger partial charge in [-0.2, -0.15) is 0 Å². The molecule has 0 bridgehead atoms. The first-order valence-electron chi connectivity index (χ1n) is 10.0. The SMILES string of the molecule is CCCCCCCCC(O)COCC(C)OOC1C(=O)C(=O)O[C@@H]1[C@@H](O)CO. The third-order valence-corrected chi connectivity index (χ3v) is 4.44. The average molecular weight is 406 g/mol. The number of aliphatic hydroxyl groups excluding tert-OH is 3. The van der Waals surface area contributed by atoms with Crippen molar-refractivity contribution in [1.29, 1.82) is 0 Å². The summed E-state index contributed by atoms with van der Waals surface area (Å²) in [7, 11) is 0. The fourth-order valence-corrected chi connectivity index (χ4v) is 2.79. The summed E-state index contributed by atoms with van der Waals surface area (Å²) in [6.45, 7) is 3.38. The number of esters is 1. The molecule has 1 fully saturated rings. The van der Waals surface area contributed by atoms with Crippen LogP contribution in [0.15, 0.2) is 0 Å². The molecule has 3 unspecified atom stereocenters. The molecule has 0 aromatic carbocycles. The maximum Gasteiger partial charge on any atom is 0.378 e. The van der Waals surface area contributed by atoms with Crippen LogP contribution >= 0.6 is 0 Å². The number of rotatable bonds is 16. The predicted octanol–water partition coefficient (Wildman–Crippen LogP) is 0.667. The molecule has 0 aromatic rings. The number of carbonyl (C=O) groups excluding carboxylic acids is 2. The van der Waals surface area contributed by atoms with Gasteiger partial charge in [0, 0.05) is 0 Å². The second-order valence-corrected chi connectivity index (χ2v) is 7.16. The standard InChI is InChI=1S/C19H34O9/c1-3-4-5-6-7-8-9-14(21)12-25-11-13(2)27-28-18-16(23)19(24)26-17(18)15(22)10-20/h13-15,17-18,20-22H,3-12H2,1-2H3/t13?,14?,15-,17+,18?/m0/s1. The van der Waals surface area contributed by atoms with E-state index in [9.17, 15) is 19.8 Å². The molecule has 0 amide bonds. The van der Waals surface area contributed by atoms with E-state index in [1.807, 2.05) is 0 Å². The van der Waals surface area contributed by atoms with Crippen molar-refractivity contribution in [2.45, 2.75) is 89.3 Å². The maximum absolute atomic E-state index is 11.7. The molecule has 164 valence electrons. The van der Waals surface area contributed by atoms with E-state index in [2.05, 4.69) is 11.7 Å². The topological polar surface area (TPSA) is 132 Å².